The van der Waals surface area contributed by atoms with Crippen LogP contribution in [-0.2, 0) is 18.4 Å². The lowest BCUT2D eigenvalue weighted by molar-refractivity contribution is -0.137. The van der Waals surface area contributed by atoms with Crippen LogP contribution in [0.3, 0.4) is 0 Å². The van der Waals surface area contributed by atoms with Gasteiger partial charge in [0.2, 0.25) is 5.91 Å². The van der Waals surface area contributed by atoms with Gasteiger partial charge < -0.3 is 4.90 Å². The molecule has 1 aliphatic carbocycles. The summed E-state index contributed by atoms with van der Waals surface area (Å²) in [7, 11) is 1.99. The van der Waals surface area contributed by atoms with Gasteiger partial charge in [0.15, 0.2) is 0 Å². The number of amides is 1. The van der Waals surface area contributed by atoms with Crippen LogP contribution in [0.1, 0.15) is 69.7 Å². The second kappa shape index (κ2) is 9.03. The molecule has 5 nitrogen and oxygen atoms in total. The number of hydrogen-bond acceptors (Lipinski definition) is 3. The second-order valence-corrected chi connectivity index (χ2v) is 8.23. The second-order valence-electron chi connectivity index (χ2n) is 8.23. The van der Waals surface area contributed by atoms with Gasteiger partial charge in [0, 0.05) is 25.6 Å². The van der Waals surface area contributed by atoms with Crippen molar-refractivity contribution in [3.63, 3.8) is 0 Å². The Balaban J connectivity index is 1.75. The van der Waals surface area contributed by atoms with Crippen molar-refractivity contribution in [2.75, 3.05) is 19.6 Å². The Morgan fingerprint density at radius 1 is 1.19 bits per heavy atom. The average molecular weight is 361 g/mol. The van der Waals surface area contributed by atoms with Crippen molar-refractivity contribution in [3.8, 4) is 0 Å². The molecule has 0 N–H and O–H groups in total. The number of aryl methyl sites for hydroxylation is 2. The van der Waals surface area contributed by atoms with E-state index in [0.717, 1.165) is 37.3 Å². The van der Waals surface area contributed by atoms with Gasteiger partial charge in [0.1, 0.15) is 0 Å². The van der Waals surface area contributed by atoms with E-state index in [4.69, 9.17) is 0 Å². The highest BCUT2D eigenvalue weighted by Crippen LogP contribution is 2.27. The SMILES string of the molecule is CCN1CCC[C@@H]1CN(Cc1cc(C)nn1C)C(=O)C1CCCCCC1. The molecule has 146 valence electrons. The van der Waals surface area contributed by atoms with Gasteiger partial charge in [-0.25, -0.2) is 0 Å². The molecule has 1 saturated heterocycles. The highest BCUT2D eigenvalue weighted by molar-refractivity contribution is 5.79. The van der Waals surface area contributed by atoms with Crippen molar-refractivity contribution >= 4 is 5.91 Å². The standard InChI is InChI=1S/C21H36N4O/c1-4-24-13-9-12-19(24)15-25(16-20-14-17(2)22-23(20)3)21(26)18-10-7-5-6-8-11-18/h14,18-19H,4-13,15-16H2,1-3H3/t19-/m1/s1. The van der Waals surface area contributed by atoms with Gasteiger partial charge in [-0.2, -0.15) is 5.10 Å². The molecule has 1 amide bonds. The molecule has 3 rings (SSSR count). The molecule has 5 heteroatoms. The first-order valence-corrected chi connectivity index (χ1v) is 10.6. The zero-order valence-electron chi connectivity index (χ0n) is 16.9. The third-order valence-corrected chi connectivity index (χ3v) is 6.30. The number of likely N-dealkylation sites (tertiary alicyclic amines) is 1. The van der Waals surface area contributed by atoms with Crippen molar-refractivity contribution in [1.82, 2.24) is 19.6 Å². The number of carbonyl (C=O) groups is 1. The van der Waals surface area contributed by atoms with Crippen LogP contribution < -0.4 is 0 Å². The zero-order chi connectivity index (χ0) is 18.5. The predicted molar refractivity (Wildman–Crippen MR) is 105 cm³/mol. The summed E-state index contributed by atoms with van der Waals surface area (Å²) in [6, 6.07) is 2.64. The number of aromatic nitrogens is 2. The lowest BCUT2D eigenvalue weighted by atomic mass is 9.98. The average Bonchev–Trinajstić information content (AvgIpc) is 3.08. The van der Waals surface area contributed by atoms with Crippen LogP contribution in [0.15, 0.2) is 6.07 Å². The number of likely N-dealkylation sites (N-methyl/N-ethyl adjacent to an activating group) is 1. The lowest BCUT2D eigenvalue weighted by Crippen LogP contribution is -2.45. The normalized spacial score (nSPS) is 22.5. The molecule has 2 fully saturated rings. The Labute approximate surface area is 158 Å². The van der Waals surface area contributed by atoms with Gasteiger partial charge in [-0.3, -0.25) is 14.4 Å². The molecule has 0 unspecified atom stereocenters. The smallest absolute Gasteiger partial charge is 0.226 e. The third kappa shape index (κ3) is 4.67. The van der Waals surface area contributed by atoms with Crippen LogP contribution in [0, 0.1) is 12.8 Å². The molecule has 26 heavy (non-hydrogen) atoms. The van der Waals surface area contributed by atoms with E-state index in [1.165, 1.54) is 45.1 Å². The van der Waals surface area contributed by atoms with Crippen LogP contribution in [0.4, 0.5) is 0 Å². The highest BCUT2D eigenvalue weighted by Gasteiger charge is 2.31. The molecule has 0 radical (unpaired) electrons. The fourth-order valence-corrected chi connectivity index (χ4v) is 4.80. The Bertz CT molecular complexity index is 589. The Morgan fingerprint density at radius 2 is 1.92 bits per heavy atom. The number of carbonyl (C=O) groups excluding carboxylic acids is 1. The number of rotatable bonds is 6. The van der Waals surface area contributed by atoms with E-state index in [9.17, 15) is 4.79 Å². The van der Waals surface area contributed by atoms with E-state index in [-0.39, 0.29) is 5.92 Å². The minimum absolute atomic E-state index is 0.225. The maximum atomic E-state index is 13.4. The highest BCUT2D eigenvalue weighted by atomic mass is 16.2. The number of hydrogen-bond donors (Lipinski definition) is 0. The summed E-state index contributed by atoms with van der Waals surface area (Å²) < 4.78 is 1.94. The first kappa shape index (κ1) is 19.4. The molecule has 1 aromatic rings. The minimum Gasteiger partial charge on any atom is -0.335 e. The maximum Gasteiger partial charge on any atom is 0.226 e. The summed E-state index contributed by atoms with van der Waals surface area (Å²) in [6.45, 7) is 8.09. The van der Waals surface area contributed by atoms with Crippen LogP contribution in [0.2, 0.25) is 0 Å². The Hall–Kier alpha value is -1.36. The van der Waals surface area contributed by atoms with Crippen LogP contribution in [0.5, 0.6) is 0 Å². The van der Waals surface area contributed by atoms with E-state index in [2.05, 4.69) is 27.9 Å². The summed E-state index contributed by atoms with van der Waals surface area (Å²) in [5.41, 5.74) is 2.17. The van der Waals surface area contributed by atoms with E-state index < -0.39 is 0 Å². The van der Waals surface area contributed by atoms with Crippen LogP contribution >= 0.6 is 0 Å². The van der Waals surface area contributed by atoms with Crippen molar-refractivity contribution in [1.29, 1.82) is 0 Å². The molecule has 1 atom stereocenters. The third-order valence-electron chi connectivity index (χ3n) is 6.30. The molecule has 0 aromatic carbocycles. The zero-order valence-corrected chi connectivity index (χ0v) is 16.9. The summed E-state index contributed by atoms with van der Waals surface area (Å²) in [5.74, 6) is 0.608. The van der Waals surface area contributed by atoms with Gasteiger partial charge in [0.05, 0.1) is 17.9 Å². The number of nitrogens with zero attached hydrogens (tertiary/aromatic N) is 4. The quantitative estimate of drug-likeness (QED) is 0.729. The van der Waals surface area contributed by atoms with Crippen molar-refractivity contribution < 1.29 is 4.79 Å². The molecular formula is C21H36N4O. The monoisotopic (exact) mass is 360 g/mol. The van der Waals surface area contributed by atoms with E-state index >= 15 is 0 Å². The molecule has 1 aromatic heterocycles. The molecule has 1 aliphatic heterocycles. The van der Waals surface area contributed by atoms with Crippen molar-refractivity contribution in [2.45, 2.75) is 77.8 Å². The summed E-state index contributed by atoms with van der Waals surface area (Å²) in [5, 5.41) is 4.48. The molecule has 0 bridgehead atoms. The van der Waals surface area contributed by atoms with Crippen molar-refractivity contribution in [3.05, 3.63) is 17.5 Å². The van der Waals surface area contributed by atoms with E-state index in [0.29, 0.717) is 18.5 Å². The maximum absolute atomic E-state index is 13.4. The van der Waals surface area contributed by atoms with Gasteiger partial charge in [-0.05, 0) is 51.8 Å². The van der Waals surface area contributed by atoms with Gasteiger partial charge in [-0.1, -0.05) is 32.6 Å². The van der Waals surface area contributed by atoms with E-state index in [1.807, 2.05) is 18.7 Å². The predicted octanol–water partition coefficient (Wildman–Crippen LogP) is 3.51. The Kier molecular flexibility index (Phi) is 6.74. The van der Waals surface area contributed by atoms with E-state index in [1.54, 1.807) is 0 Å². The lowest BCUT2D eigenvalue weighted by Gasteiger charge is -2.32. The summed E-state index contributed by atoms with van der Waals surface area (Å²) in [6.07, 6.45) is 9.61. The fourth-order valence-electron chi connectivity index (χ4n) is 4.80. The van der Waals surface area contributed by atoms with Crippen molar-refractivity contribution in [2.24, 2.45) is 13.0 Å². The van der Waals surface area contributed by atoms with Crippen LogP contribution in [0.25, 0.3) is 0 Å². The van der Waals surface area contributed by atoms with Crippen LogP contribution in [-0.4, -0.2) is 51.2 Å². The molecule has 1 saturated carbocycles. The van der Waals surface area contributed by atoms with Gasteiger partial charge >= 0.3 is 0 Å². The van der Waals surface area contributed by atoms with Gasteiger partial charge in [-0.15, -0.1) is 0 Å². The Morgan fingerprint density at radius 3 is 2.54 bits per heavy atom. The van der Waals surface area contributed by atoms with Gasteiger partial charge in [0.25, 0.3) is 0 Å². The molecule has 0 spiro atoms. The molecule has 2 aliphatic rings. The fraction of sp³-hybridized carbons (Fsp3) is 0.810. The summed E-state index contributed by atoms with van der Waals surface area (Å²) >= 11 is 0. The summed E-state index contributed by atoms with van der Waals surface area (Å²) in [4.78, 5) is 18.1. The molecular weight excluding hydrogens is 324 g/mol. The first-order chi connectivity index (χ1) is 12.6. The largest absolute Gasteiger partial charge is 0.335 e. The topological polar surface area (TPSA) is 41.4 Å². The molecule has 2 heterocycles. The minimum atomic E-state index is 0.225. The first-order valence-electron chi connectivity index (χ1n) is 10.6.